The Morgan fingerprint density at radius 3 is 2.12 bits per heavy atom. The Hall–Kier alpha value is -3.04. The van der Waals surface area contributed by atoms with Gasteiger partial charge in [0.05, 0.1) is 32.5 Å². The van der Waals surface area contributed by atoms with Gasteiger partial charge in [-0.05, 0) is 39.8 Å². The van der Waals surface area contributed by atoms with Crippen molar-refractivity contribution in [2.24, 2.45) is 0 Å². The van der Waals surface area contributed by atoms with Crippen LogP contribution in [-0.4, -0.2) is 55.3 Å². The molecule has 170 valence electrons. The molecule has 0 aliphatic carbocycles. The van der Waals surface area contributed by atoms with E-state index in [2.05, 4.69) is 10.1 Å². The summed E-state index contributed by atoms with van der Waals surface area (Å²) >= 11 is 0. The number of benzene rings is 2. The van der Waals surface area contributed by atoms with E-state index in [0.29, 0.717) is 42.0 Å². The first-order valence-electron chi connectivity index (χ1n) is 10.2. The summed E-state index contributed by atoms with van der Waals surface area (Å²) in [7, 11) is 4.98. The molecule has 32 heavy (non-hydrogen) atoms. The predicted molar refractivity (Wildman–Crippen MR) is 123 cm³/mol. The Labute approximate surface area is 188 Å². The van der Waals surface area contributed by atoms with E-state index in [4.69, 9.17) is 23.4 Å². The summed E-state index contributed by atoms with van der Waals surface area (Å²) < 4.78 is 27.6. The molecule has 0 spiro atoms. The number of methoxy groups -OCH3 is 3. The van der Waals surface area contributed by atoms with Crippen LogP contribution in [0.3, 0.4) is 0 Å². The summed E-state index contributed by atoms with van der Waals surface area (Å²) in [6.45, 7) is 7.18. The highest BCUT2D eigenvalue weighted by atomic mass is 16.5. The van der Waals surface area contributed by atoms with Gasteiger partial charge in [-0.25, -0.2) is 0 Å². The number of hydrogen-bond donors (Lipinski definition) is 1. The largest absolute Gasteiger partial charge is 0.493 e. The zero-order valence-electron chi connectivity index (χ0n) is 19.6. The highest BCUT2D eigenvalue weighted by Crippen LogP contribution is 2.41. The lowest BCUT2D eigenvalue weighted by molar-refractivity contribution is -0.0893. The number of nitrogens with zero attached hydrogens (tertiary/aromatic N) is 2. The van der Waals surface area contributed by atoms with Crippen LogP contribution in [0.4, 0.5) is 0 Å². The van der Waals surface area contributed by atoms with E-state index in [1.165, 1.54) is 0 Å². The van der Waals surface area contributed by atoms with E-state index in [1.807, 2.05) is 38.1 Å². The van der Waals surface area contributed by atoms with Crippen molar-refractivity contribution in [2.75, 3.05) is 21.3 Å². The lowest BCUT2D eigenvalue weighted by Crippen LogP contribution is -2.49. The van der Waals surface area contributed by atoms with Gasteiger partial charge in [-0.1, -0.05) is 34.9 Å². The SMILES string of the molecule is COc1cc(-c2nc(-c3cccc(BOC(C)(C)C(C)(C)O)c3)no2)cc(OC)c1OC. The van der Waals surface area contributed by atoms with E-state index in [-0.39, 0.29) is 0 Å². The van der Waals surface area contributed by atoms with Crippen molar-refractivity contribution in [3.05, 3.63) is 36.4 Å². The van der Waals surface area contributed by atoms with Crippen molar-refractivity contribution in [3.63, 3.8) is 0 Å². The van der Waals surface area contributed by atoms with E-state index in [0.717, 1.165) is 11.0 Å². The third kappa shape index (κ3) is 4.89. The van der Waals surface area contributed by atoms with Crippen LogP contribution in [0.5, 0.6) is 17.2 Å². The third-order valence-electron chi connectivity index (χ3n) is 5.60. The monoisotopic (exact) mass is 440 g/mol. The minimum atomic E-state index is -0.979. The van der Waals surface area contributed by atoms with Crippen LogP contribution in [0.15, 0.2) is 40.9 Å². The Morgan fingerprint density at radius 2 is 1.56 bits per heavy atom. The molecule has 9 heteroatoms. The first kappa shape index (κ1) is 23.6. The Balaban J connectivity index is 1.86. The average Bonchev–Trinajstić information content (AvgIpc) is 3.26. The molecule has 0 fully saturated rings. The summed E-state index contributed by atoms with van der Waals surface area (Å²) in [5, 5.41) is 14.4. The van der Waals surface area contributed by atoms with Crippen molar-refractivity contribution >= 4 is 12.9 Å². The number of hydrogen-bond acceptors (Lipinski definition) is 8. The molecule has 0 aliphatic rings. The molecule has 0 saturated carbocycles. The molecular formula is C23H29BN2O6. The molecular weight excluding hydrogens is 411 g/mol. The van der Waals surface area contributed by atoms with Gasteiger partial charge in [-0.3, -0.25) is 0 Å². The number of rotatable bonds is 9. The molecule has 3 rings (SSSR count). The smallest absolute Gasteiger partial charge is 0.309 e. The van der Waals surface area contributed by atoms with E-state index in [9.17, 15) is 5.11 Å². The summed E-state index contributed by atoms with van der Waals surface area (Å²) in [5.74, 6) is 2.24. The molecule has 0 bridgehead atoms. The summed E-state index contributed by atoms with van der Waals surface area (Å²) in [6.07, 6.45) is 0. The van der Waals surface area contributed by atoms with Crippen LogP contribution in [0.2, 0.25) is 0 Å². The summed E-state index contributed by atoms with van der Waals surface area (Å²) in [6, 6.07) is 11.2. The maximum absolute atomic E-state index is 10.3. The molecule has 0 amide bonds. The second kappa shape index (κ2) is 9.22. The highest BCUT2D eigenvalue weighted by Gasteiger charge is 2.35. The standard InChI is InChI=1S/C23H29BN2O6/c1-22(2,27)23(3,4)32-24-16-10-8-9-14(11-16)20-25-21(31-26-20)15-12-17(28-5)19(30-7)18(13-15)29-6/h8-13,24,27H,1-7H3. The lowest BCUT2D eigenvalue weighted by atomic mass is 9.82. The zero-order valence-corrected chi connectivity index (χ0v) is 19.6. The minimum Gasteiger partial charge on any atom is -0.493 e. The van der Waals surface area contributed by atoms with Crippen LogP contribution < -0.4 is 19.7 Å². The lowest BCUT2D eigenvalue weighted by Gasteiger charge is -2.37. The topological polar surface area (TPSA) is 96.1 Å². The molecule has 1 heterocycles. The van der Waals surface area contributed by atoms with Crippen LogP contribution >= 0.6 is 0 Å². The second-order valence-electron chi connectivity index (χ2n) is 8.40. The third-order valence-corrected chi connectivity index (χ3v) is 5.60. The van der Waals surface area contributed by atoms with Crippen molar-refractivity contribution < 1.29 is 28.5 Å². The highest BCUT2D eigenvalue weighted by molar-refractivity contribution is 6.47. The van der Waals surface area contributed by atoms with Gasteiger partial charge in [-0.15, -0.1) is 0 Å². The number of ether oxygens (including phenoxy) is 3. The van der Waals surface area contributed by atoms with Gasteiger partial charge < -0.3 is 28.5 Å². The molecule has 2 aromatic carbocycles. The molecule has 1 N–H and O–H groups in total. The zero-order chi connectivity index (χ0) is 23.5. The molecule has 0 aliphatic heterocycles. The van der Waals surface area contributed by atoms with Gasteiger partial charge in [0.15, 0.2) is 11.5 Å². The average molecular weight is 440 g/mol. The van der Waals surface area contributed by atoms with Gasteiger partial charge in [0.2, 0.25) is 11.6 Å². The van der Waals surface area contributed by atoms with Crippen molar-refractivity contribution in [3.8, 4) is 40.1 Å². The van der Waals surface area contributed by atoms with E-state index >= 15 is 0 Å². The first-order valence-corrected chi connectivity index (χ1v) is 10.2. The van der Waals surface area contributed by atoms with Crippen LogP contribution in [0.25, 0.3) is 22.8 Å². The van der Waals surface area contributed by atoms with Gasteiger partial charge in [0, 0.05) is 11.1 Å². The summed E-state index contributed by atoms with van der Waals surface area (Å²) in [4.78, 5) is 4.54. The van der Waals surface area contributed by atoms with Gasteiger partial charge in [0.1, 0.15) is 0 Å². The maximum atomic E-state index is 10.3. The van der Waals surface area contributed by atoms with Gasteiger partial charge in [-0.2, -0.15) is 4.98 Å². The normalized spacial score (nSPS) is 11.9. The minimum absolute atomic E-state index is 0.323. The molecule has 3 aromatic rings. The van der Waals surface area contributed by atoms with Crippen molar-refractivity contribution in [2.45, 2.75) is 38.9 Å². The number of aliphatic hydroxyl groups is 1. The van der Waals surface area contributed by atoms with Crippen LogP contribution in [0, 0.1) is 0 Å². The fourth-order valence-corrected chi connectivity index (χ4v) is 2.90. The van der Waals surface area contributed by atoms with Crippen molar-refractivity contribution in [1.82, 2.24) is 10.1 Å². The Kier molecular flexibility index (Phi) is 6.81. The fourth-order valence-electron chi connectivity index (χ4n) is 2.90. The quantitative estimate of drug-likeness (QED) is 0.508. The molecule has 0 atom stereocenters. The maximum Gasteiger partial charge on any atom is 0.309 e. The Bertz CT molecular complexity index is 1050. The molecule has 0 unspecified atom stereocenters. The van der Waals surface area contributed by atoms with Crippen LogP contribution in [-0.2, 0) is 4.65 Å². The molecule has 1 aromatic heterocycles. The van der Waals surface area contributed by atoms with E-state index < -0.39 is 11.2 Å². The second-order valence-corrected chi connectivity index (χ2v) is 8.40. The number of aromatic nitrogens is 2. The Morgan fingerprint density at radius 1 is 0.906 bits per heavy atom. The molecule has 0 radical (unpaired) electrons. The first-order chi connectivity index (χ1) is 15.1. The molecule has 8 nitrogen and oxygen atoms in total. The molecule has 0 saturated heterocycles. The summed E-state index contributed by atoms with van der Waals surface area (Å²) in [5.41, 5.74) is 0.667. The van der Waals surface area contributed by atoms with Gasteiger partial charge >= 0.3 is 7.48 Å². The van der Waals surface area contributed by atoms with Crippen molar-refractivity contribution in [1.29, 1.82) is 0 Å². The fraction of sp³-hybridized carbons (Fsp3) is 0.391. The van der Waals surface area contributed by atoms with Crippen LogP contribution in [0.1, 0.15) is 27.7 Å². The predicted octanol–water partition coefficient (Wildman–Crippen LogP) is 2.97. The van der Waals surface area contributed by atoms with E-state index in [1.54, 1.807) is 47.3 Å². The van der Waals surface area contributed by atoms with Gasteiger partial charge in [0.25, 0.3) is 5.89 Å².